The van der Waals surface area contributed by atoms with Crippen molar-refractivity contribution in [3.05, 3.63) is 28.4 Å². The third-order valence-corrected chi connectivity index (χ3v) is 4.87. The first-order valence-electron chi connectivity index (χ1n) is 4.75. The predicted molar refractivity (Wildman–Crippen MR) is 63.8 cm³/mol. The van der Waals surface area contributed by atoms with E-state index in [2.05, 4.69) is 4.98 Å². The molecule has 0 saturated heterocycles. The van der Waals surface area contributed by atoms with Crippen LogP contribution < -0.4 is 0 Å². The van der Waals surface area contributed by atoms with Gasteiger partial charge in [0.05, 0.1) is 5.75 Å². The summed E-state index contributed by atoms with van der Waals surface area (Å²) in [5.74, 6) is -0.440. The minimum atomic E-state index is -3.68. The Hall–Kier alpha value is -1.35. The monoisotopic (exact) mass is 296 g/mol. The number of halogens is 2. The van der Waals surface area contributed by atoms with Crippen molar-refractivity contribution in [1.82, 2.24) is 4.98 Å². The summed E-state index contributed by atoms with van der Waals surface area (Å²) < 4.78 is 47.2. The molecule has 100 valence electrons. The van der Waals surface area contributed by atoms with Gasteiger partial charge in [-0.1, -0.05) is 0 Å². The molecule has 0 N–H and O–H groups in total. The van der Waals surface area contributed by atoms with Crippen molar-refractivity contribution in [2.75, 3.05) is 12.8 Å². The molecule has 0 aromatic carbocycles. The molecule has 0 fully saturated rings. The van der Waals surface area contributed by atoms with Crippen molar-refractivity contribution in [2.45, 2.75) is 10.8 Å². The number of thiazole rings is 1. The molecule has 0 aliphatic carbocycles. The fourth-order valence-corrected chi connectivity index (χ4v) is 3.39. The molecule has 1 aromatic heterocycles. The largest absolute Gasteiger partial charge is 0.624 e. The van der Waals surface area contributed by atoms with E-state index in [1.165, 1.54) is 12.4 Å². The molecule has 9 heteroatoms. The molecule has 18 heavy (non-hydrogen) atoms. The van der Waals surface area contributed by atoms with E-state index in [9.17, 15) is 22.4 Å². The third-order valence-electron chi connectivity index (χ3n) is 1.77. The Morgan fingerprint density at radius 3 is 2.83 bits per heavy atom. The smallest absolute Gasteiger partial charge is 0.266 e. The number of hydroxylamine groups is 1. The maximum atomic E-state index is 11.8. The minimum Gasteiger partial charge on any atom is -0.624 e. The van der Waals surface area contributed by atoms with Crippen LogP contribution in [0.3, 0.4) is 0 Å². The molecule has 1 rings (SSSR count). The van der Waals surface area contributed by atoms with E-state index >= 15 is 0 Å². The number of hydrogen-bond donors (Lipinski definition) is 0. The second kappa shape index (κ2) is 6.01. The zero-order valence-corrected chi connectivity index (χ0v) is 11.0. The van der Waals surface area contributed by atoms with E-state index in [-0.39, 0.29) is 16.5 Å². The van der Waals surface area contributed by atoms with Crippen LogP contribution in [0.2, 0.25) is 0 Å². The van der Waals surface area contributed by atoms with Gasteiger partial charge in [0.1, 0.15) is 12.7 Å². The molecule has 0 amide bonds. The summed E-state index contributed by atoms with van der Waals surface area (Å²) >= 11 is 0.853. The van der Waals surface area contributed by atoms with Crippen LogP contribution in [0.4, 0.5) is 8.78 Å². The highest BCUT2D eigenvalue weighted by atomic mass is 32.2. The SMILES string of the molecule is C/[N+]([O-])=C/c1csc(S(=O)(=O)CCC=C(F)F)n1. The lowest BCUT2D eigenvalue weighted by Crippen LogP contribution is -2.06. The molecule has 0 spiro atoms. The number of hydrogen-bond acceptors (Lipinski definition) is 5. The predicted octanol–water partition coefficient (Wildman–Crippen LogP) is 1.65. The Kier molecular flexibility index (Phi) is 4.91. The van der Waals surface area contributed by atoms with Gasteiger partial charge in [-0.15, -0.1) is 11.3 Å². The van der Waals surface area contributed by atoms with Crippen molar-refractivity contribution in [3.63, 3.8) is 0 Å². The van der Waals surface area contributed by atoms with Gasteiger partial charge in [-0.05, 0) is 12.5 Å². The van der Waals surface area contributed by atoms with E-state index in [0.717, 1.165) is 17.6 Å². The van der Waals surface area contributed by atoms with E-state index < -0.39 is 21.7 Å². The van der Waals surface area contributed by atoms with Crippen molar-refractivity contribution >= 4 is 27.4 Å². The van der Waals surface area contributed by atoms with Gasteiger partial charge in [-0.25, -0.2) is 18.1 Å². The summed E-state index contributed by atoms with van der Waals surface area (Å²) in [6.07, 6.45) is -0.517. The van der Waals surface area contributed by atoms with Crippen molar-refractivity contribution in [1.29, 1.82) is 0 Å². The Labute approximate surface area is 107 Å². The Morgan fingerprint density at radius 1 is 1.61 bits per heavy atom. The molecular weight excluding hydrogens is 286 g/mol. The highest BCUT2D eigenvalue weighted by Gasteiger charge is 2.18. The van der Waals surface area contributed by atoms with Crippen molar-refractivity contribution < 1.29 is 21.9 Å². The summed E-state index contributed by atoms with van der Waals surface area (Å²) in [4.78, 5) is 3.74. The average Bonchev–Trinajstić information content (AvgIpc) is 2.64. The number of sulfone groups is 1. The zero-order chi connectivity index (χ0) is 13.8. The maximum Gasteiger partial charge on any atom is 0.266 e. The molecule has 1 aromatic rings. The van der Waals surface area contributed by atoms with E-state index in [4.69, 9.17) is 0 Å². The maximum absolute atomic E-state index is 11.8. The third kappa shape index (κ3) is 4.49. The zero-order valence-electron chi connectivity index (χ0n) is 9.34. The highest BCUT2D eigenvalue weighted by Crippen LogP contribution is 2.17. The Bertz CT molecular complexity index is 570. The van der Waals surface area contributed by atoms with E-state index in [1.54, 1.807) is 0 Å². The molecule has 0 radical (unpaired) electrons. The van der Waals surface area contributed by atoms with Crippen molar-refractivity contribution in [2.24, 2.45) is 0 Å². The molecule has 0 unspecified atom stereocenters. The van der Waals surface area contributed by atoms with Crippen molar-refractivity contribution in [3.8, 4) is 0 Å². The van der Waals surface area contributed by atoms with Crippen LogP contribution in [0.25, 0.3) is 0 Å². The van der Waals surface area contributed by atoms with Crippen LogP contribution in [0.15, 0.2) is 21.9 Å². The van der Waals surface area contributed by atoms with Crippen LogP contribution in [-0.4, -0.2) is 37.2 Å². The molecule has 0 aliphatic rings. The minimum absolute atomic E-state index is 0.178. The van der Waals surface area contributed by atoms with Crippen LogP contribution in [0.5, 0.6) is 0 Å². The summed E-state index contributed by atoms with van der Waals surface area (Å²) in [5, 5.41) is 12.1. The summed E-state index contributed by atoms with van der Waals surface area (Å²) in [6.45, 7) is 0. The lowest BCUT2D eigenvalue weighted by molar-refractivity contribution is -0.416. The summed E-state index contributed by atoms with van der Waals surface area (Å²) in [6, 6.07) is 0. The molecule has 0 atom stereocenters. The fourth-order valence-electron chi connectivity index (χ4n) is 1.07. The quantitative estimate of drug-likeness (QED) is 0.358. The second-order valence-electron chi connectivity index (χ2n) is 3.31. The lowest BCUT2D eigenvalue weighted by Gasteiger charge is -1.96. The first-order valence-corrected chi connectivity index (χ1v) is 7.29. The number of nitrogens with zero attached hydrogens (tertiary/aromatic N) is 2. The van der Waals surface area contributed by atoms with Gasteiger partial charge in [0, 0.05) is 5.38 Å². The Morgan fingerprint density at radius 2 is 2.28 bits per heavy atom. The first-order chi connectivity index (χ1) is 8.31. The summed E-state index contributed by atoms with van der Waals surface area (Å²) in [7, 11) is -2.44. The fraction of sp³-hybridized carbons (Fsp3) is 0.333. The molecule has 0 aliphatic heterocycles. The van der Waals surface area contributed by atoms with Gasteiger partial charge in [0.15, 0.2) is 0 Å². The van der Waals surface area contributed by atoms with E-state index in [1.807, 2.05) is 0 Å². The van der Waals surface area contributed by atoms with Gasteiger partial charge in [0.25, 0.3) is 6.08 Å². The number of allylic oxidation sites excluding steroid dienone is 1. The number of aromatic nitrogens is 1. The number of rotatable bonds is 5. The second-order valence-corrected chi connectivity index (χ2v) is 6.46. The van der Waals surface area contributed by atoms with E-state index in [0.29, 0.717) is 10.8 Å². The molecule has 5 nitrogen and oxygen atoms in total. The van der Waals surface area contributed by atoms with Crippen LogP contribution in [0, 0.1) is 5.21 Å². The summed E-state index contributed by atoms with van der Waals surface area (Å²) in [5.41, 5.74) is 0.225. The highest BCUT2D eigenvalue weighted by molar-refractivity contribution is 7.93. The van der Waals surface area contributed by atoms with Gasteiger partial charge < -0.3 is 5.21 Å². The molecule has 1 heterocycles. The molecular formula is C9H10F2N2O3S2. The Balaban J connectivity index is 2.83. The van der Waals surface area contributed by atoms with Gasteiger partial charge in [-0.3, -0.25) is 0 Å². The lowest BCUT2D eigenvalue weighted by atomic mass is 10.5. The van der Waals surface area contributed by atoms with Gasteiger partial charge in [0.2, 0.25) is 20.4 Å². The first kappa shape index (κ1) is 14.7. The molecule has 0 bridgehead atoms. The topological polar surface area (TPSA) is 73.1 Å². The van der Waals surface area contributed by atoms with Gasteiger partial charge in [-0.2, -0.15) is 8.78 Å². The van der Waals surface area contributed by atoms with Gasteiger partial charge >= 0.3 is 0 Å². The normalized spacial score (nSPS) is 12.5. The van der Waals surface area contributed by atoms with Crippen LogP contribution in [-0.2, 0) is 9.84 Å². The average molecular weight is 296 g/mol. The van der Waals surface area contributed by atoms with Crippen LogP contribution >= 0.6 is 11.3 Å². The van der Waals surface area contributed by atoms with Crippen LogP contribution in [0.1, 0.15) is 12.1 Å². The standard InChI is InChI=1S/C9H10F2N2O3S2/c1-13(14)5-7-6-17-9(12-7)18(15,16)4-2-3-8(10)11/h3,5-6H,2,4H2,1H3/b13-5-. The molecule has 0 saturated carbocycles.